The number of nitrogens with zero attached hydrogens (tertiary/aromatic N) is 4. The van der Waals surface area contributed by atoms with E-state index in [4.69, 9.17) is 0 Å². The molecule has 0 spiro atoms. The van der Waals surface area contributed by atoms with Crippen LogP contribution in [0.3, 0.4) is 0 Å². The van der Waals surface area contributed by atoms with Gasteiger partial charge in [0, 0.05) is 17.4 Å². The number of amides is 1. The summed E-state index contributed by atoms with van der Waals surface area (Å²) in [6.45, 7) is 0. The fourth-order valence-corrected chi connectivity index (χ4v) is 2.35. The van der Waals surface area contributed by atoms with Crippen molar-refractivity contribution in [3.05, 3.63) is 48.3 Å². The van der Waals surface area contributed by atoms with Crippen LogP contribution in [-0.4, -0.2) is 31.1 Å². The van der Waals surface area contributed by atoms with Crippen molar-refractivity contribution >= 4 is 11.6 Å². The molecule has 1 amide bonds. The number of H-pyrrole nitrogens is 1. The van der Waals surface area contributed by atoms with Crippen molar-refractivity contribution in [1.82, 2.24) is 25.2 Å². The monoisotopic (exact) mass is 294 g/mol. The Labute approximate surface area is 126 Å². The van der Waals surface area contributed by atoms with Crippen molar-refractivity contribution in [1.29, 1.82) is 0 Å². The maximum Gasteiger partial charge on any atom is 0.272 e. The minimum absolute atomic E-state index is 0.177. The highest BCUT2D eigenvalue weighted by Crippen LogP contribution is 2.36. The summed E-state index contributed by atoms with van der Waals surface area (Å²) in [5.41, 5.74) is 2.12. The van der Waals surface area contributed by atoms with Gasteiger partial charge in [-0.25, -0.2) is 4.68 Å². The van der Waals surface area contributed by atoms with Gasteiger partial charge in [0.15, 0.2) is 5.82 Å². The lowest BCUT2D eigenvalue weighted by Crippen LogP contribution is -2.12. The standard InChI is InChI=1S/C15H14N6O/c22-15(13-5-2-8-16-13)17-11-4-1-3-10(9-11)14-18-19-20-21(14)12-6-7-12/h1-5,8-9,12,16H,6-7H2,(H,17,22). The van der Waals surface area contributed by atoms with E-state index in [0.717, 1.165) is 24.2 Å². The molecule has 0 saturated heterocycles. The van der Waals surface area contributed by atoms with Crippen LogP contribution in [0.25, 0.3) is 11.4 Å². The summed E-state index contributed by atoms with van der Waals surface area (Å²) in [5, 5.41) is 14.8. The van der Waals surface area contributed by atoms with Gasteiger partial charge in [-0.1, -0.05) is 12.1 Å². The first kappa shape index (κ1) is 12.8. The van der Waals surface area contributed by atoms with Crippen LogP contribution in [0.5, 0.6) is 0 Å². The summed E-state index contributed by atoms with van der Waals surface area (Å²) in [6, 6.07) is 11.5. The molecule has 7 heteroatoms. The Kier molecular flexibility index (Phi) is 2.96. The molecule has 22 heavy (non-hydrogen) atoms. The third kappa shape index (κ3) is 2.37. The highest BCUT2D eigenvalue weighted by atomic mass is 16.1. The van der Waals surface area contributed by atoms with Crippen molar-refractivity contribution in [2.24, 2.45) is 0 Å². The van der Waals surface area contributed by atoms with Gasteiger partial charge in [0.25, 0.3) is 5.91 Å². The summed E-state index contributed by atoms with van der Waals surface area (Å²) >= 11 is 0. The highest BCUT2D eigenvalue weighted by molar-refractivity contribution is 6.03. The van der Waals surface area contributed by atoms with Gasteiger partial charge in [0.05, 0.1) is 6.04 Å². The molecule has 1 aromatic carbocycles. The minimum Gasteiger partial charge on any atom is -0.357 e. The van der Waals surface area contributed by atoms with Crippen LogP contribution in [-0.2, 0) is 0 Å². The van der Waals surface area contributed by atoms with Crippen LogP contribution in [0.1, 0.15) is 29.4 Å². The zero-order valence-corrected chi connectivity index (χ0v) is 11.7. The topological polar surface area (TPSA) is 88.5 Å². The van der Waals surface area contributed by atoms with Crippen LogP contribution >= 0.6 is 0 Å². The molecule has 2 N–H and O–H groups in total. The largest absolute Gasteiger partial charge is 0.357 e. The SMILES string of the molecule is O=C(Nc1cccc(-c2nnnn2C2CC2)c1)c1ccc[nH]1. The number of tetrazole rings is 1. The van der Waals surface area contributed by atoms with Crippen LogP contribution in [0.15, 0.2) is 42.6 Å². The number of benzene rings is 1. The Hall–Kier alpha value is -2.96. The number of nitrogens with one attached hydrogen (secondary N) is 2. The zero-order valence-electron chi connectivity index (χ0n) is 11.7. The lowest BCUT2D eigenvalue weighted by atomic mass is 10.2. The summed E-state index contributed by atoms with van der Waals surface area (Å²) in [7, 11) is 0. The Morgan fingerprint density at radius 3 is 2.95 bits per heavy atom. The van der Waals surface area contributed by atoms with E-state index < -0.39 is 0 Å². The molecule has 7 nitrogen and oxygen atoms in total. The molecule has 1 aliphatic carbocycles. The van der Waals surface area contributed by atoms with E-state index in [1.807, 2.05) is 28.9 Å². The molecule has 3 aromatic rings. The van der Waals surface area contributed by atoms with Gasteiger partial charge in [-0.3, -0.25) is 4.79 Å². The van der Waals surface area contributed by atoms with E-state index in [9.17, 15) is 4.79 Å². The maximum atomic E-state index is 12.1. The Bertz CT molecular complexity index is 803. The van der Waals surface area contributed by atoms with Crippen molar-refractivity contribution < 1.29 is 4.79 Å². The molecular weight excluding hydrogens is 280 g/mol. The molecule has 2 heterocycles. The highest BCUT2D eigenvalue weighted by Gasteiger charge is 2.28. The molecule has 110 valence electrons. The molecule has 1 fully saturated rings. The predicted molar refractivity (Wildman–Crippen MR) is 80.3 cm³/mol. The second kappa shape index (κ2) is 5.10. The van der Waals surface area contributed by atoms with Gasteiger partial charge in [-0.15, -0.1) is 5.10 Å². The molecule has 0 atom stereocenters. The summed E-state index contributed by atoms with van der Waals surface area (Å²) in [5.74, 6) is 0.558. The molecule has 0 unspecified atom stereocenters. The number of carbonyl (C=O) groups excluding carboxylic acids is 1. The van der Waals surface area contributed by atoms with E-state index in [-0.39, 0.29) is 5.91 Å². The molecule has 2 aromatic heterocycles. The third-order valence-corrected chi connectivity index (χ3v) is 3.61. The van der Waals surface area contributed by atoms with E-state index in [0.29, 0.717) is 17.4 Å². The molecule has 1 saturated carbocycles. The van der Waals surface area contributed by atoms with Crippen LogP contribution in [0.4, 0.5) is 5.69 Å². The predicted octanol–water partition coefficient (Wildman–Crippen LogP) is 2.26. The van der Waals surface area contributed by atoms with E-state index in [1.165, 1.54) is 0 Å². The average molecular weight is 294 g/mol. The molecule has 0 bridgehead atoms. The number of aromatic amines is 1. The number of aromatic nitrogens is 5. The lowest BCUT2D eigenvalue weighted by Gasteiger charge is -2.07. The van der Waals surface area contributed by atoms with Gasteiger partial charge >= 0.3 is 0 Å². The van der Waals surface area contributed by atoms with Crippen molar-refractivity contribution in [3.8, 4) is 11.4 Å². The Morgan fingerprint density at radius 1 is 1.27 bits per heavy atom. The van der Waals surface area contributed by atoms with Crippen LogP contribution in [0.2, 0.25) is 0 Å². The number of rotatable bonds is 4. The normalized spacial score (nSPS) is 14.0. The number of anilines is 1. The fraction of sp³-hybridized carbons (Fsp3) is 0.200. The Morgan fingerprint density at radius 2 is 2.18 bits per heavy atom. The van der Waals surface area contributed by atoms with Crippen LogP contribution < -0.4 is 5.32 Å². The van der Waals surface area contributed by atoms with Gasteiger partial charge in [0.2, 0.25) is 0 Å². The van der Waals surface area contributed by atoms with Crippen molar-refractivity contribution in [2.75, 3.05) is 5.32 Å². The second-order valence-electron chi connectivity index (χ2n) is 5.30. The van der Waals surface area contributed by atoms with Gasteiger partial charge in [-0.2, -0.15) is 0 Å². The molecular formula is C15H14N6O. The molecule has 0 aliphatic heterocycles. The number of hydrogen-bond acceptors (Lipinski definition) is 4. The van der Waals surface area contributed by atoms with Gasteiger partial charge in [-0.05, 0) is 47.5 Å². The smallest absolute Gasteiger partial charge is 0.272 e. The van der Waals surface area contributed by atoms with Gasteiger partial charge in [0.1, 0.15) is 5.69 Å². The lowest BCUT2D eigenvalue weighted by molar-refractivity contribution is 0.102. The van der Waals surface area contributed by atoms with Gasteiger partial charge < -0.3 is 10.3 Å². The number of carbonyl (C=O) groups is 1. The van der Waals surface area contributed by atoms with E-state index in [1.54, 1.807) is 18.3 Å². The summed E-state index contributed by atoms with van der Waals surface area (Å²) in [6.07, 6.45) is 3.94. The van der Waals surface area contributed by atoms with Crippen LogP contribution in [0, 0.1) is 0 Å². The van der Waals surface area contributed by atoms with E-state index >= 15 is 0 Å². The first-order valence-electron chi connectivity index (χ1n) is 7.14. The average Bonchev–Trinajstić information content (AvgIpc) is 3.05. The zero-order chi connectivity index (χ0) is 14.9. The molecule has 0 radical (unpaired) electrons. The Balaban J connectivity index is 1.60. The maximum absolute atomic E-state index is 12.1. The van der Waals surface area contributed by atoms with Crippen molar-refractivity contribution in [2.45, 2.75) is 18.9 Å². The fourth-order valence-electron chi connectivity index (χ4n) is 2.35. The summed E-state index contributed by atoms with van der Waals surface area (Å²) < 4.78 is 1.85. The molecule has 1 aliphatic rings. The van der Waals surface area contributed by atoms with E-state index in [2.05, 4.69) is 25.8 Å². The first-order valence-corrected chi connectivity index (χ1v) is 7.14. The molecule has 4 rings (SSSR count). The second-order valence-corrected chi connectivity index (χ2v) is 5.30. The minimum atomic E-state index is -0.177. The quantitative estimate of drug-likeness (QED) is 0.772. The third-order valence-electron chi connectivity index (χ3n) is 3.61. The summed E-state index contributed by atoms with van der Waals surface area (Å²) in [4.78, 5) is 15.0. The van der Waals surface area contributed by atoms with Crippen molar-refractivity contribution in [3.63, 3.8) is 0 Å². The first-order chi connectivity index (χ1) is 10.8. The number of hydrogen-bond donors (Lipinski definition) is 2.